The Labute approximate surface area is 89.2 Å². The number of nitrogens with zero attached hydrogens (tertiary/aromatic N) is 1. The van der Waals surface area contributed by atoms with E-state index < -0.39 is 17.7 Å². The molecule has 0 aromatic carbocycles. The van der Waals surface area contributed by atoms with Crippen LogP contribution in [0.4, 0.5) is 13.2 Å². The van der Waals surface area contributed by atoms with Crippen LogP contribution in [0, 0.1) is 0 Å². The summed E-state index contributed by atoms with van der Waals surface area (Å²) in [4.78, 5) is 13.7. The van der Waals surface area contributed by atoms with Crippen molar-refractivity contribution >= 4 is 12.0 Å². The molecule has 1 heterocycles. The van der Waals surface area contributed by atoms with Gasteiger partial charge in [0.1, 0.15) is 0 Å². The average Bonchev–Trinajstić information content (AvgIpc) is 2.16. The van der Waals surface area contributed by atoms with Gasteiger partial charge in [-0.1, -0.05) is 12.2 Å². The third kappa shape index (κ3) is 3.38. The fourth-order valence-corrected chi connectivity index (χ4v) is 1.08. The Morgan fingerprint density at radius 3 is 2.75 bits per heavy atom. The van der Waals surface area contributed by atoms with E-state index >= 15 is 0 Å². The normalized spacial score (nSPS) is 11.9. The van der Waals surface area contributed by atoms with Gasteiger partial charge < -0.3 is 5.11 Å². The summed E-state index contributed by atoms with van der Waals surface area (Å²) in [5, 5.41) is 8.33. The van der Waals surface area contributed by atoms with Gasteiger partial charge in [0.25, 0.3) is 0 Å². The molecule has 1 rings (SSSR count). The van der Waals surface area contributed by atoms with Crippen molar-refractivity contribution in [3.8, 4) is 0 Å². The van der Waals surface area contributed by atoms with E-state index in [1.807, 2.05) is 0 Å². The first-order valence-electron chi connectivity index (χ1n) is 4.31. The van der Waals surface area contributed by atoms with Crippen LogP contribution < -0.4 is 0 Å². The van der Waals surface area contributed by atoms with Crippen LogP contribution in [0.2, 0.25) is 0 Å². The minimum Gasteiger partial charge on any atom is -0.481 e. The van der Waals surface area contributed by atoms with E-state index in [1.165, 1.54) is 0 Å². The predicted molar refractivity (Wildman–Crippen MR) is 50.5 cm³/mol. The number of carbonyl (C=O) groups is 1. The van der Waals surface area contributed by atoms with Crippen molar-refractivity contribution in [3.05, 3.63) is 35.7 Å². The molecule has 0 aliphatic carbocycles. The van der Waals surface area contributed by atoms with Crippen molar-refractivity contribution < 1.29 is 23.1 Å². The van der Waals surface area contributed by atoms with Gasteiger partial charge in [0.15, 0.2) is 0 Å². The van der Waals surface area contributed by atoms with Gasteiger partial charge in [-0.05, 0) is 6.07 Å². The van der Waals surface area contributed by atoms with Crippen LogP contribution in [0.25, 0.3) is 6.08 Å². The second-order valence-electron chi connectivity index (χ2n) is 2.96. The smallest absolute Gasteiger partial charge is 0.417 e. The van der Waals surface area contributed by atoms with Gasteiger partial charge in [-0.15, -0.1) is 0 Å². The summed E-state index contributed by atoms with van der Waals surface area (Å²) in [7, 11) is 0. The van der Waals surface area contributed by atoms with Crippen molar-refractivity contribution in [1.82, 2.24) is 4.98 Å². The Morgan fingerprint density at radius 2 is 2.19 bits per heavy atom. The van der Waals surface area contributed by atoms with Gasteiger partial charge >= 0.3 is 12.1 Å². The Morgan fingerprint density at radius 1 is 1.50 bits per heavy atom. The number of aliphatic carboxylic acids is 1. The summed E-state index contributed by atoms with van der Waals surface area (Å²) in [6, 6.07) is 0.848. The van der Waals surface area contributed by atoms with E-state index in [0.717, 1.165) is 30.6 Å². The fraction of sp³-hybridized carbons (Fsp3) is 0.200. The summed E-state index contributed by atoms with van der Waals surface area (Å²) >= 11 is 0. The highest BCUT2D eigenvalue weighted by Crippen LogP contribution is 2.31. The lowest BCUT2D eigenvalue weighted by molar-refractivity contribution is -0.138. The molecule has 1 aromatic heterocycles. The molecule has 6 heteroatoms. The maximum atomic E-state index is 12.5. The van der Waals surface area contributed by atoms with Crippen LogP contribution in [0.15, 0.2) is 24.5 Å². The highest BCUT2D eigenvalue weighted by atomic mass is 19.4. The second-order valence-corrected chi connectivity index (χ2v) is 2.96. The lowest BCUT2D eigenvalue weighted by Crippen LogP contribution is -2.07. The van der Waals surface area contributed by atoms with Crippen LogP contribution in [0.5, 0.6) is 0 Å². The number of rotatable bonds is 3. The van der Waals surface area contributed by atoms with Gasteiger partial charge in [0.05, 0.1) is 12.0 Å². The van der Waals surface area contributed by atoms with E-state index in [1.54, 1.807) is 0 Å². The van der Waals surface area contributed by atoms with Crippen LogP contribution in [-0.2, 0) is 11.0 Å². The summed E-state index contributed by atoms with van der Waals surface area (Å²) in [5.41, 5.74) is -0.972. The number of pyridine rings is 1. The number of carboxylic acids is 1. The average molecular weight is 231 g/mol. The molecule has 86 valence electrons. The lowest BCUT2D eigenvalue weighted by Gasteiger charge is -2.08. The molecule has 0 aliphatic rings. The SMILES string of the molecule is O=C(O)CC=Cc1cnccc1C(F)(F)F. The van der Waals surface area contributed by atoms with Crippen LogP contribution >= 0.6 is 0 Å². The van der Waals surface area contributed by atoms with E-state index in [9.17, 15) is 18.0 Å². The third-order valence-corrected chi connectivity index (χ3v) is 1.75. The van der Waals surface area contributed by atoms with Crippen molar-refractivity contribution in [2.24, 2.45) is 0 Å². The number of carboxylic acid groups (broad SMARTS) is 1. The van der Waals surface area contributed by atoms with E-state index in [0.29, 0.717) is 0 Å². The third-order valence-electron chi connectivity index (χ3n) is 1.75. The Balaban J connectivity index is 2.96. The molecule has 0 fully saturated rings. The first-order valence-corrected chi connectivity index (χ1v) is 4.31. The number of alkyl halides is 3. The molecular weight excluding hydrogens is 223 g/mol. The van der Waals surface area contributed by atoms with Crippen molar-refractivity contribution in [3.63, 3.8) is 0 Å². The predicted octanol–water partition coefficient (Wildman–Crippen LogP) is 2.59. The molecule has 0 unspecified atom stereocenters. The minimum atomic E-state index is -4.47. The van der Waals surface area contributed by atoms with Crippen molar-refractivity contribution in [2.45, 2.75) is 12.6 Å². The zero-order chi connectivity index (χ0) is 12.2. The molecule has 0 saturated carbocycles. The molecule has 0 bridgehead atoms. The monoisotopic (exact) mass is 231 g/mol. The van der Waals surface area contributed by atoms with E-state index in [2.05, 4.69) is 4.98 Å². The van der Waals surface area contributed by atoms with Crippen LogP contribution in [0.3, 0.4) is 0 Å². The Bertz CT molecular complexity index is 413. The quantitative estimate of drug-likeness (QED) is 0.869. The zero-order valence-electron chi connectivity index (χ0n) is 8.03. The van der Waals surface area contributed by atoms with Gasteiger partial charge in [-0.2, -0.15) is 13.2 Å². The van der Waals surface area contributed by atoms with Gasteiger partial charge in [0, 0.05) is 18.0 Å². The number of aromatic nitrogens is 1. The molecular formula is C10H8F3NO2. The standard InChI is InChI=1S/C10H8F3NO2/c11-10(12,13)8-4-5-14-6-7(8)2-1-3-9(15)16/h1-2,4-6H,3H2,(H,15,16). The molecule has 0 radical (unpaired) electrons. The highest BCUT2D eigenvalue weighted by Gasteiger charge is 2.32. The van der Waals surface area contributed by atoms with E-state index in [4.69, 9.17) is 5.11 Å². The number of hydrogen-bond donors (Lipinski definition) is 1. The van der Waals surface area contributed by atoms with Gasteiger partial charge in [-0.3, -0.25) is 9.78 Å². The molecule has 0 atom stereocenters. The van der Waals surface area contributed by atoms with Gasteiger partial charge in [-0.25, -0.2) is 0 Å². The zero-order valence-corrected chi connectivity index (χ0v) is 8.03. The maximum absolute atomic E-state index is 12.5. The van der Waals surface area contributed by atoms with Gasteiger partial charge in [0.2, 0.25) is 0 Å². The topological polar surface area (TPSA) is 50.2 Å². The maximum Gasteiger partial charge on any atom is 0.417 e. The lowest BCUT2D eigenvalue weighted by atomic mass is 10.1. The Kier molecular flexibility index (Phi) is 3.65. The fourth-order valence-electron chi connectivity index (χ4n) is 1.08. The molecule has 0 aliphatic heterocycles. The van der Waals surface area contributed by atoms with Crippen molar-refractivity contribution in [1.29, 1.82) is 0 Å². The van der Waals surface area contributed by atoms with Crippen molar-refractivity contribution in [2.75, 3.05) is 0 Å². The van der Waals surface area contributed by atoms with E-state index in [-0.39, 0.29) is 12.0 Å². The molecule has 1 aromatic rings. The largest absolute Gasteiger partial charge is 0.481 e. The highest BCUT2D eigenvalue weighted by molar-refractivity contribution is 5.70. The summed E-state index contributed by atoms with van der Waals surface area (Å²) in [6.45, 7) is 0. The number of hydrogen-bond acceptors (Lipinski definition) is 2. The molecule has 0 amide bonds. The molecule has 16 heavy (non-hydrogen) atoms. The molecule has 1 N–H and O–H groups in total. The Hall–Kier alpha value is -1.85. The first kappa shape index (κ1) is 12.2. The number of halogens is 3. The summed E-state index contributed by atoms with van der Waals surface area (Å²) in [5.74, 6) is -1.10. The second kappa shape index (κ2) is 4.78. The molecule has 3 nitrogen and oxygen atoms in total. The summed E-state index contributed by atoms with van der Waals surface area (Å²) < 4.78 is 37.4. The molecule has 0 spiro atoms. The van der Waals surface area contributed by atoms with Crippen LogP contribution in [0.1, 0.15) is 17.5 Å². The first-order chi connectivity index (χ1) is 7.41. The molecule has 0 saturated heterocycles. The minimum absolute atomic E-state index is 0.142. The van der Waals surface area contributed by atoms with Crippen LogP contribution in [-0.4, -0.2) is 16.1 Å². The summed E-state index contributed by atoms with van der Waals surface area (Å²) in [6.07, 6.45) is -0.463.